The summed E-state index contributed by atoms with van der Waals surface area (Å²) in [4.78, 5) is 0. The normalized spacial score (nSPS) is 12.3. The van der Waals surface area contributed by atoms with Crippen molar-refractivity contribution in [2.45, 2.75) is 13.0 Å². The fraction of sp³-hybridized carbons (Fsp3) is 0.200. The third kappa shape index (κ3) is 2.58. The SMILES string of the molecule is CC(Nc1ccc(-c2nncn2C)cc1)c1ccsc1. The van der Waals surface area contributed by atoms with E-state index in [9.17, 15) is 0 Å². The zero-order valence-electron chi connectivity index (χ0n) is 11.4. The summed E-state index contributed by atoms with van der Waals surface area (Å²) >= 11 is 1.72. The third-order valence-electron chi connectivity index (χ3n) is 3.28. The molecule has 4 nitrogen and oxygen atoms in total. The van der Waals surface area contributed by atoms with Gasteiger partial charge in [0.2, 0.25) is 0 Å². The Kier molecular flexibility index (Phi) is 3.52. The molecule has 1 aromatic carbocycles. The van der Waals surface area contributed by atoms with Crippen LogP contribution in [-0.4, -0.2) is 14.8 Å². The molecule has 3 aromatic rings. The van der Waals surface area contributed by atoms with Gasteiger partial charge >= 0.3 is 0 Å². The summed E-state index contributed by atoms with van der Waals surface area (Å²) in [6.07, 6.45) is 1.71. The third-order valence-corrected chi connectivity index (χ3v) is 3.98. The highest BCUT2D eigenvalue weighted by Crippen LogP contribution is 2.23. The van der Waals surface area contributed by atoms with Gasteiger partial charge in [0, 0.05) is 24.3 Å². The van der Waals surface area contributed by atoms with Crippen molar-refractivity contribution in [2.75, 3.05) is 5.32 Å². The molecule has 0 spiro atoms. The van der Waals surface area contributed by atoms with Crippen LogP contribution in [0.15, 0.2) is 47.4 Å². The topological polar surface area (TPSA) is 42.7 Å². The van der Waals surface area contributed by atoms with Crippen molar-refractivity contribution in [2.24, 2.45) is 7.05 Å². The molecule has 0 bridgehead atoms. The van der Waals surface area contributed by atoms with Crippen LogP contribution >= 0.6 is 11.3 Å². The second-order valence-electron chi connectivity index (χ2n) is 4.77. The van der Waals surface area contributed by atoms with Crippen LogP contribution in [0.5, 0.6) is 0 Å². The van der Waals surface area contributed by atoms with Gasteiger partial charge in [-0.2, -0.15) is 11.3 Å². The Morgan fingerprint density at radius 2 is 2.00 bits per heavy atom. The van der Waals surface area contributed by atoms with Crippen LogP contribution < -0.4 is 5.32 Å². The van der Waals surface area contributed by atoms with Crippen molar-refractivity contribution in [3.63, 3.8) is 0 Å². The molecule has 2 heterocycles. The van der Waals surface area contributed by atoms with Gasteiger partial charge in [-0.1, -0.05) is 0 Å². The number of aromatic nitrogens is 3. The summed E-state index contributed by atoms with van der Waals surface area (Å²) in [5, 5.41) is 15.8. The van der Waals surface area contributed by atoms with Crippen molar-refractivity contribution in [3.8, 4) is 11.4 Å². The van der Waals surface area contributed by atoms with Gasteiger partial charge in [-0.25, -0.2) is 0 Å². The number of rotatable bonds is 4. The summed E-state index contributed by atoms with van der Waals surface area (Å²) in [5.74, 6) is 0.877. The van der Waals surface area contributed by atoms with Crippen LogP contribution in [-0.2, 0) is 7.05 Å². The number of thiophene rings is 1. The van der Waals surface area contributed by atoms with Gasteiger partial charge in [0.05, 0.1) is 0 Å². The van der Waals surface area contributed by atoms with E-state index < -0.39 is 0 Å². The molecule has 1 N–H and O–H groups in total. The molecule has 1 unspecified atom stereocenters. The Morgan fingerprint density at radius 3 is 2.60 bits per heavy atom. The first kappa shape index (κ1) is 12.9. The smallest absolute Gasteiger partial charge is 0.163 e. The number of nitrogens with zero attached hydrogens (tertiary/aromatic N) is 3. The number of benzene rings is 1. The average molecular weight is 284 g/mol. The maximum absolute atomic E-state index is 4.11. The molecule has 3 rings (SSSR count). The fourth-order valence-corrected chi connectivity index (χ4v) is 2.87. The van der Waals surface area contributed by atoms with Crippen LogP contribution in [0.2, 0.25) is 0 Å². The van der Waals surface area contributed by atoms with Gasteiger partial charge in [-0.3, -0.25) is 0 Å². The number of hydrogen-bond donors (Lipinski definition) is 1. The largest absolute Gasteiger partial charge is 0.378 e. The maximum Gasteiger partial charge on any atom is 0.163 e. The standard InChI is InChI=1S/C15H16N4S/c1-11(13-7-8-20-9-13)17-14-5-3-12(4-6-14)15-18-16-10-19(15)2/h3-11,17H,1-2H3. The predicted octanol–water partition coefficient (Wildman–Crippen LogP) is 3.72. The van der Waals surface area contributed by atoms with Crippen molar-refractivity contribution in [1.82, 2.24) is 14.8 Å². The summed E-state index contributed by atoms with van der Waals surface area (Å²) in [7, 11) is 1.94. The van der Waals surface area contributed by atoms with E-state index in [1.165, 1.54) is 5.56 Å². The predicted molar refractivity (Wildman–Crippen MR) is 82.8 cm³/mol. The van der Waals surface area contributed by atoms with Gasteiger partial charge in [0.15, 0.2) is 5.82 Å². The summed E-state index contributed by atoms with van der Waals surface area (Å²) < 4.78 is 1.91. The lowest BCUT2D eigenvalue weighted by atomic mass is 10.1. The quantitative estimate of drug-likeness (QED) is 0.794. The highest BCUT2D eigenvalue weighted by Gasteiger charge is 2.07. The van der Waals surface area contributed by atoms with E-state index in [2.05, 4.69) is 63.5 Å². The van der Waals surface area contributed by atoms with Gasteiger partial charge in [0.1, 0.15) is 6.33 Å². The van der Waals surface area contributed by atoms with Gasteiger partial charge < -0.3 is 9.88 Å². The van der Waals surface area contributed by atoms with E-state index in [-0.39, 0.29) is 0 Å². The zero-order valence-corrected chi connectivity index (χ0v) is 12.3. The molecule has 0 aliphatic heterocycles. The molecule has 0 saturated heterocycles. The molecule has 5 heteroatoms. The van der Waals surface area contributed by atoms with Crippen molar-refractivity contribution >= 4 is 17.0 Å². The van der Waals surface area contributed by atoms with Gasteiger partial charge in [0.25, 0.3) is 0 Å². The number of nitrogens with one attached hydrogen (secondary N) is 1. The molecule has 0 radical (unpaired) electrons. The highest BCUT2D eigenvalue weighted by molar-refractivity contribution is 7.07. The van der Waals surface area contributed by atoms with E-state index in [0.29, 0.717) is 6.04 Å². The molecule has 102 valence electrons. The second-order valence-corrected chi connectivity index (χ2v) is 5.55. The summed E-state index contributed by atoms with van der Waals surface area (Å²) in [5.41, 5.74) is 3.49. The van der Waals surface area contributed by atoms with E-state index in [1.807, 2.05) is 11.6 Å². The van der Waals surface area contributed by atoms with Crippen molar-refractivity contribution < 1.29 is 0 Å². The lowest BCUT2D eigenvalue weighted by molar-refractivity contribution is 0.890. The monoisotopic (exact) mass is 284 g/mol. The molecule has 0 saturated carbocycles. The minimum Gasteiger partial charge on any atom is -0.378 e. The zero-order chi connectivity index (χ0) is 13.9. The van der Waals surface area contributed by atoms with Crippen LogP contribution in [0.4, 0.5) is 5.69 Å². The van der Waals surface area contributed by atoms with Crippen molar-refractivity contribution in [1.29, 1.82) is 0 Å². The number of aryl methyl sites for hydroxylation is 1. The lowest BCUT2D eigenvalue weighted by Gasteiger charge is -2.14. The molecule has 0 aliphatic rings. The van der Waals surface area contributed by atoms with E-state index in [0.717, 1.165) is 17.1 Å². The molecule has 0 fully saturated rings. The first-order valence-electron chi connectivity index (χ1n) is 6.47. The Labute approximate surface area is 122 Å². The van der Waals surface area contributed by atoms with Crippen LogP contribution in [0.1, 0.15) is 18.5 Å². The lowest BCUT2D eigenvalue weighted by Crippen LogP contribution is -2.05. The van der Waals surface area contributed by atoms with Crippen LogP contribution in [0.3, 0.4) is 0 Å². The van der Waals surface area contributed by atoms with Gasteiger partial charge in [-0.15, -0.1) is 10.2 Å². The van der Waals surface area contributed by atoms with E-state index in [4.69, 9.17) is 0 Å². The molecule has 0 aliphatic carbocycles. The summed E-state index contributed by atoms with van der Waals surface area (Å²) in [6.45, 7) is 2.17. The first-order valence-corrected chi connectivity index (χ1v) is 7.41. The molecule has 20 heavy (non-hydrogen) atoms. The Balaban J connectivity index is 1.75. The Hall–Kier alpha value is -2.14. The fourth-order valence-electron chi connectivity index (χ4n) is 2.11. The molecular formula is C15H16N4S. The van der Waals surface area contributed by atoms with E-state index >= 15 is 0 Å². The molecule has 2 aromatic heterocycles. The average Bonchev–Trinajstić information content (AvgIpc) is 3.11. The maximum atomic E-state index is 4.11. The number of hydrogen-bond acceptors (Lipinski definition) is 4. The Bertz CT molecular complexity index is 670. The minimum atomic E-state index is 0.307. The van der Waals surface area contributed by atoms with Crippen molar-refractivity contribution in [3.05, 3.63) is 53.0 Å². The molecule has 1 atom stereocenters. The summed E-state index contributed by atoms with van der Waals surface area (Å²) in [6, 6.07) is 10.7. The number of anilines is 1. The van der Waals surface area contributed by atoms with Crippen LogP contribution in [0.25, 0.3) is 11.4 Å². The Morgan fingerprint density at radius 1 is 1.20 bits per heavy atom. The molecule has 0 amide bonds. The minimum absolute atomic E-state index is 0.307. The molecular weight excluding hydrogens is 268 g/mol. The van der Waals surface area contributed by atoms with Crippen LogP contribution in [0, 0.1) is 0 Å². The van der Waals surface area contributed by atoms with E-state index in [1.54, 1.807) is 17.7 Å². The first-order chi connectivity index (χ1) is 9.74. The second kappa shape index (κ2) is 5.46. The van der Waals surface area contributed by atoms with Gasteiger partial charge in [-0.05, 0) is 53.6 Å². The highest BCUT2D eigenvalue weighted by atomic mass is 32.1.